The van der Waals surface area contributed by atoms with E-state index in [1.165, 1.54) is 0 Å². The van der Waals surface area contributed by atoms with Gasteiger partial charge in [0.2, 0.25) is 5.91 Å². The van der Waals surface area contributed by atoms with Gasteiger partial charge in [0.15, 0.2) is 0 Å². The van der Waals surface area contributed by atoms with Gasteiger partial charge in [0.25, 0.3) is 0 Å². The molecule has 5 nitrogen and oxygen atoms in total. The van der Waals surface area contributed by atoms with Crippen molar-refractivity contribution in [1.82, 2.24) is 4.90 Å². The Hall–Kier alpha value is -1.10. The van der Waals surface area contributed by atoms with Gasteiger partial charge >= 0.3 is 5.97 Å². The fourth-order valence-electron chi connectivity index (χ4n) is 2.03. The van der Waals surface area contributed by atoms with Crippen molar-refractivity contribution in [2.45, 2.75) is 39.7 Å². The molecule has 1 heterocycles. The highest BCUT2D eigenvalue weighted by molar-refractivity contribution is 5.84. The standard InChI is InChI=1S/C12H22N2O3/c1-4-8(2)9(13)10(15)14-6-5-12(3,7-14)11(16)17/h8-9H,4-7,13H2,1-3H3,(H,16,17)/t8-,9-,12?/m0/s1. The molecule has 5 heteroatoms. The summed E-state index contributed by atoms with van der Waals surface area (Å²) in [5.74, 6) is -0.839. The zero-order valence-electron chi connectivity index (χ0n) is 10.8. The van der Waals surface area contributed by atoms with Crippen molar-refractivity contribution in [2.75, 3.05) is 13.1 Å². The van der Waals surface area contributed by atoms with Crippen LogP contribution < -0.4 is 5.73 Å². The first kappa shape index (κ1) is 14.0. The minimum Gasteiger partial charge on any atom is -0.481 e. The lowest BCUT2D eigenvalue weighted by atomic mass is 9.90. The molecule has 3 atom stereocenters. The molecule has 98 valence electrons. The van der Waals surface area contributed by atoms with Gasteiger partial charge in [-0.25, -0.2) is 0 Å². The first-order valence-electron chi connectivity index (χ1n) is 6.09. The quantitative estimate of drug-likeness (QED) is 0.759. The fourth-order valence-corrected chi connectivity index (χ4v) is 2.03. The van der Waals surface area contributed by atoms with E-state index in [0.717, 1.165) is 6.42 Å². The second-order valence-electron chi connectivity index (χ2n) is 5.29. The van der Waals surface area contributed by atoms with Crippen molar-refractivity contribution < 1.29 is 14.7 Å². The molecule has 1 aliphatic heterocycles. The largest absolute Gasteiger partial charge is 0.481 e. The molecule has 1 unspecified atom stereocenters. The van der Waals surface area contributed by atoms with E-state index >= 15 is 0 Å². The second kappa shape index (κ2) is 5.04. The van der Waals surface area contributed by atoms with Gasteiger partial charge in [0, 0.05) is 13.1 Å². The first-order chi connectivity index (χ1) is 7.81. The zero-order chi connectivity index (χ0) is 13.2. The van der Waals surface area contributed by atoms with Crippen LogP contribution in [0.4, 0.5) is 0 Å². The van der Waals surface area contributed by atoms with E-state index in [4.69, 9.17) is 10.8 Å². The van der Waals surface area contributed by atoms with Crippen LogP contribution in [0.2, 0.25) is 0 Å². The van der Waals surface area contributed by atoms with E-state index in [1.807, 2.05) is 13.8 Å². The molecule has 1 fully saturated rings. The molecule has 1 rings (SSSR count). The molecule has 1 amide bonds. The molecular formula is C12H22N2O3. The smallest absolute Gasteiger partial charge is 0.311 e. The Balaban J connectivity index is 2.66. The Morgan fingerprint density at radius 2 is 2.12 bits per heavy atom. The summed E-state index contributed by atoms with van der Waals surface area (Å²) in [7, 11) is 0. The third-order valence-corrected chi connectivity index (χ3v) is 3.84. The zero-order valence-corrected chi connectivity index (χ0v) is 10.8. The summed E-state index contributed by atoms with van der Waals surface area (Å²) in [5, 5.41) is 9.10. The maximum Gasteiger partial charge on any atom is 0.311 e. The number of hydrogen-bond acceptors (Lipinski definition) is 3. The van der Waals surface area contributed by atoms with Gasteiger partial charge in [-0.2, -0.15) is 0 Å². The molecule has 0 saturated carbocycles. The van der Waals surface area contributed by atoms with E-state index < -0.39 is 17.4 Å². The van der Waals surface area contributed by atoms with Gasteiger partial charge in [0.05, 0.1) is 11.5 Å². The molecule has 1 aliphatic rings. The highest BCUT2D eigenvalue weighted by Gasteiger charge is 2.43. The number of nitrogens with zero attached hydrogens (tertiary/aromatic N) is 1. The van der Waals surface area contributed by atoms with Crippen LogP contribution in [0.15, 0.2) is 0 Å². The molecule has 0 aromatic carbocycles. The van der Waals surface area contributed by atoms with Crippen LogP contribution in [0, 0.1) is 11.3 Å². The number of hydrogen-bond donors (Lipinski definition) is 2. The first-order valence-corrected chi connectivity index (χ1v) is 6.09. The van der Waals surface area contributed by atoms with E-state index in [9.17, 15) is 9.59 Å². The Morgan fingerprint density at radius 1 is 1.53 bits per heavy atom. The molecular weight excluding hydrogens is 220 g/mol. The summed E-state index contributed by atoms with van der Waals surface area (Å²) in [5.41, 5.74) is 5.06. The number of rotatable bonds is 4. The lowest BCUT2D eigenvalue weighted by molar-refractivity contribution is -0.147. The Kier molecular flexibility index (Phi) is 4.14. The van der Waals surface area contributed by atoms with Crippen molar-refractivity contribution >= 4 is 11.9 Å². The number of likely N-dealkylation sites (tertiary alicyclic amines) is 1. The Bertz CT molecular complexity index is 319. The van der Waals surface area contributed by atoms with Gasteiger partial charge in [-0.3, -0.25) is 9.59 Å². The molecule has 0 radical (unpaired) electrons. The van der Waals surface area contributed by atoms with Crippen LogP contribution in [-0.2, 0) is 9.59 Å². The maximum atomic E-state index is 12.1. The lowest BCUT2D eigenvalue weighted by Gasteiger charge is -2.25. The molecule has 0 spiro atoms. The van der Waals surface area contributed by atoms with Crippen LogP contribution in [0.25, 0.3) is 0 Å². The number of carboxylic acids is 1. The topological polar surface area (TPSA) is 83.6 Å². The highest BCUT2D eigenvalue weighted by atomic mass is 16.4. The third-order valence-electron chi connectivity index (χ3n) is 3.84. The third kappa shape index (κ3) is 2.77. The number of aliphatic carboxylic acids is 1. The van der Waals surface area contributed by atoms with Crippen LogP contribution >= 0.6 is 0 Å². The molecule has 17 heavy (non-hydrogen) atoms. The lowest BCUT2D eigenvalue weighted by Crippen LogP contribution is -2.47. The summed E-state index contributed by atoms with van der Waals surface area (Å²) < 4.78 is 0. The molecule has 0 aromatic heterocycles. The van der Waals surface area contributed by atoms with Crippen LogP contribution in [0.3, 0.4) is 0 Å². The minimum absolute atomic E-state index is 0.121. The van der Waals surface area contributed by atoms with E-state index in [1.54, 1.807) is 11.8 Å². The number of carbonyl (C=O) groups excluding carboxylic acids is 1. The Labute approximate surface area is 102 Å². The number of amides is 1. The predicted octanol–water partition coefficient (Wildman–Crippen LogP) is 0.683. The average molecular weight is 242 g/mol. The summed E-state index contributed by atoms with van der Waals surface area (Å²) in [6.07, 6.45) is 1.35. The molecule has 0 bridgehead atoms. The van der Waals surface area contributed by atoms with Crippen molar-refractivity contribution in [3.05, 3.63) is 0 Å². The van der Waals surface area contributed by atoms with Crippen molar-refractivity contribution in [3.63, 3.8) is 0 Å². The minimum atomic E-state index is -0.843. The van der Waals surface area contributed by atoms with Gasteiger partial charge < -0.3 is 15.7 Å². The Morgan fingerprint density at radius 3 is 2.53 bits per heavy atom. The molecule has 3 N–H and O–H groups in total. The van der Waals surface area contributed by atoms with Crippen molar-refractivity contribution in [3.8, 4) is 0 Å². The highest BCUT2D eigenvalue weighted by Crippen LogP contribution is 2.30. The number of nitrogens with two attached hydrogens (primary N) is 1. The summed E-state index contributed by atoms with van der Waals surface area (Å²) in [6, 6.07) is -0.517. The van der Waals surface area contributed by atoms with Gasteiger partial charge in [-0.05, 0) is 19.3 Å². The van der Waals surface area contributed by atoms with E-state index in [2.05, 4.69) is 0 Å². The van der Waals surface area contributed by atoms with Gasteiger partial charge in [0.1, 0.15) is 0 Å². The van der Waals surface area contributed by atoms with Crippen LogP contribution in [-0.4, -0.2) is 41.0 Å². The monoisotopic (exact) mass is 242 g/mol. The normalized spacial score (nSPS) is 27.9. The molecule has 0 aliphatic carbocycles. The van der Waals surface area contributed by atoms with Crippen LogP contribution in [0.5, 0.6) is 0 Å². The second-order valence-corrected chi connectivity index (χ2v) is 5.29. The van der Waals surface area contributed by atoms with Crippen LogP contribution in [0.1, 0.15) is 33.6 Å². The van der Waals surface area contributed by atoms with Gasteiger partial charge in [-0.15, -0.1) is 0 Å². The number of carbonyl (C=O) groups is 2. The van der Waals surface area contributed by atoms with Crippen molar-refractivity contribution in [2.24, 2.45) is 17.1 Å². The average Bonchev–Trinajstić information content (AvgIpc) is 2.70. The predicted molar refractivity (Wildman–Crippen MR) is 64.4 cm³/mol. The summed E-state index contributed by atoms with van der Waals surface area (Å²) >= 11 is 0. The number of carboxylic acid groups (broad SMARTS) is 1. The van der Waals surface area contributed by atoms with E-state index in [-0.39, 0.29) is 18.4 Å². The maximum absolute atomic E-state index is 12.1. The SMILES string of the molecule is CC[C@H](C)[C@H](N)C(=O)N1CCC(C)(C(=O)O)C1. The van der Waals surface area contributed by atoms with E-state index in [0.29, 0.717) is 13.0 Å². The van der Waals surface area contributed by atoms with Crippen molar-refractivity contribution in [1.29, 1.82) is 0 Å². The molecule has 0 aromatic rings. The van der Waals surface area contributed by atoms with Gasteiger partial charge in [-0.1, -0.05) is 20.3 Å². The summed E-state index contributed by atoms with van der Waals surface area (Å²) in [6.45, 7) is 6.37. The molecule has 1 saturated heterocycles. The fraction of sp³-hybridized carbons (Fsp3) is 0.833. The summed E-state index contributed by atoms with van der Waals surface area (Å²) in [4.78, 5) is 24.7.